The van der Waals surface area contributed by atoms with Crippen molar-refractivity contribution in [2.45, 2.75) is 58.0 Å². The number of hydrogen-bond donors (Lipinski definition) is 1. The first-order valence-corrected chi connectivity index (χ1v) is 14.6. The number of benzene rings is 1. The number of morpholine rings is 1. The normalized spacial score (nSPS) is 22.9. The number of carbonyl (C=O) groups excluding carboxylic acids is 2. The minimum absolute atomic E-state index is 0.129. The van der Waals surface area contributed by atoms with E-state index in [0.29, 0.717) is 39.4 Å². The van der Waals surface area contributed by atoms with Gasteiger partial charge in [0.25, 0.3) is 0 Å². The van der Waals surface area contributed by atoms with Gasteiger partial charge in [-0.2, -0.15) is 0 Å². The minimum Gasteiger partial charge on any atom is -0.493 e. The Morgan fingerprint density at radius 2 is 1.90 bits per heavy atom. The fraction of sp³-hybridized carbons (Fsp3) is 0.581. The van der Waals surface area contributed by atoms with Gasteiger partial charge in [-0.3, -0.25) is 19.5 Å². The second kappa shape index (κ2) is 12.9. The average molecular weight is 535 g/mol. The van der Waals surface area contributed by atoms with E-state index in [1.807, 2.05) is 42.3 Å². The molecule has 0 saturated carbocycles. The molecule has 3 aliphatic rings. The van der Waals surface area contributed by atoms with Crippen molar-refractivity contribution in [3.8, 4) is 5.75 Å². The van der Waals surface area contributed by atoms with Crippen molar-refractivity contribution in [3.63, 3.8) is 0 Å². The number of piperidine rings is 1. The summed E-state index contributed by atoms with van der Waals surface area (Å²) in [5, 5.41) is 3.20. The van der Waals surface area contributed by atoms with Crippen molar-refractivity contribution in [2.24, 2.45) is 5.41 Å². The Balaban J connectivity index is 1.15. The third kappa shape index (κ3) is 6.97. The maximum absolute atomic E-state index is 13.4. The lowest BCUT2D eigenvalue weighted by atomic mass is 9.73. The summed E-state index contributed by atoms with van der Waals surface area (Å²) in [7, 11) is 0. The fourth-order valence-corrected chi connectivity index (χ4v) is 6.02. The molecule has 3 aliphatic heterocycles. The maximum Gasteiger partial charge on any atom is 0.236 e. The molecule has 2 fully saturated rings. The number of para-hydroxylation sites is 1. The number of rotatable bonds is 3. The molecule has 2 amide bonds. The Hall–Kier alpha value is -2.97. The van der Waals surface area contributed by atoms with Gasteiger partial charge in [0.1, 0.15) is 11.9 Å². The molecule has 2 saturated heterocycles. The molecule has 1 aromatic carbocycles. The zero-order valence-corrected chi connectivity index (χ0v) is 23.2. The average Bonchev–Trinajstić information content (AvgIpc) is 2.98. The van der Waals surface area contributed by atoms with Crippen LogP contribution in [0.4, 0.5) is 0 Å². The Morgan fingerprint density at radius 1 is 1.05 bits per heavy atom. The van der Waals surface area contributed by atoms with Gasteiger partial charge in [-0.05, 0) is 81.8 Å². The molecule has 8 nitrogen and oxygen atoms in total. The summed E-state index contributed by atoms with van der Waals surface area (Å²) >= 11 is 0. The highest BCUT2D eigenvalue weighted by molar-refractivity contribution is 5.83. The van der Waals surface area contributed by atoms with E-state index < -0.39 is 0 Å². The minimum atomic E-state index is -0.352. The second-order valence-corrected chi connectivity index (χ2v) is 11.3. The Bertz CT molecular complexity index is 1110. The summed E-state index contributed by atoms with van der Waals surface area (Å²) in [6.07, 6.45) is 7.91. The molecule has 0 bridgehead atoms. The summed E-state index contributed by atoms with van der Waals surface area (Å²) in [6, 6.07) is 12.3. The largest absolute Gasteiger partial charge is 0.493 e. The number of aryl methyl sites for hydroxylation is 2. The number of nitrogens with one attached hydrogen (secondary N) is 1. The van der Waals surface area contributed by atoms with Gasteiger partial charge < -0.3 is 19.7 Å². The number of ether oxygens (including phenoxy) is 2. The number of aromatic nitrogens is 1. The van der Waals surface area contributed by atoms with Crippen LogP contribution in [-0.2, 0) is 20.7 Å². The van der Waals surface area contributed by atoms with Crippen LogP contribution in [0.3, 0.4) is 0 Å². The molecule has 39 heavy (non-hydrogen) atoms. The first-order chi connectivity index (χ1) is 19.0. The fourth-order valence-electron chi connectivity index (χ4n) is 6.02. The van der Waals surface area contributed by atoms with E-state index in [1.165, 1.54) is 5.56 Å². The third-order valence-corrected chi connectivity index (χ3v) is 8.53. The van der Waals surface area contributed by atoms with Gasteiger partial charge in [0.15, 0.2) is 0 Å². The van der Waals surface area contributed by atoms with Gasteiger partial charge in [0.2, 0.25) is 11.8 Å². The van der Waals surface area contributed by atoms with Crippen LogP contribution < -0.4 is 10.1 Å². The van der Waals surface area contributed by atoms with Crippen molar-refractivity contribution in [2.75, 3.05) is 52.5 Å². The predicted molar refractivity (Wildman–Crippen MR) is 149 cm³/mol. The molecular formula is C31H42N4O4. The molecule has 5 rings (SSSR count). The van der Waals surface area contributed by atoms with Crippen molar-refractivity contribution < 1.29 is 19.1 Å². The lowest BCUT2D eigenvalue weighted by Crippen LogP contribution is -2.52. The van der Waals surface area contributed by atoms with Gasteiger partial charge >= 0.3 is 0 Å². The molecule has 1 spiro atoms. The van der Waals surface area contributed by atoms with Gasteiger partial charge in [0, 0.05) is 19.3 Å². The highest BCUT2D eigenvalue weighted by atomic mass is 16.5. The molecule has 210 valence electrons. The molecular weight excluding hydrogens is 492 g/mol. The predicted octanol–water partition coefficient (Wildman–Crippen LogP) is 3.68. The molecule has 8 heteroatoms. The molecule has 0 aliphatic carbocycles. The number of hydrogen-bond acceptors (Lipinski definition) is 6. The summed E-state index contributed by atoms with van der Waals surface area (Å²) in [5.74, 6) is 1.27. The molecule has 4 heterocycles. The summed E-state index contributed by atoms with van der Waals surface area (Å²) in [5.41, 5.74) is 2.88. The molecule has 0 radical (unpaired) electrons. The van der Waals surface area contributed by atoms with Crippen LogP contribution in [0.1, 0.15) is 61.4 Å². The Morgan fingerprint density at radius 3 is 2.72 bits per heavy atom. The van der Waals surface area contributed by atoms with E-state index in [0.717, 1.165) is 75.0 Å². The number of carbonyl (C=O) groups is 2. The van der Waals surface area contributed by atoms with Crippen molar-refractivity contribution in [1.82, 2.24) is 20.1 Å². The first kappa shape index (κ1) is 27.6. The van der Waals surface area contributed by atoms with Gasteiger partial charge in [-0.15, -0.1) is 0 Å². The van der Waals surface area contributed by atoms with Crippen LogP contribution in [0.5, 0.6) is 5.75 Å². The molecule has 2 aromatic rings. The third-order valence-electron chi connectivity index (χ3n) is 8.53. The Labute approximate surface area is 232 Å². The zero-order chi connectivity index (χ0) is 27.1. The van der Waals surface area contributed by atoms with Gasteiger partial charge in [-0.1, -0.05) is 30.7 Å². The van der Waals surface area contributed by atoms with Crippen LogP contribution in [-0.4, -0.2) is 79.1 Å². The topological polar surface area (TPSA) is 84.0 Å². The molecule has 1 atom stereocenters. The van der Waals surface area contributed by atoms with Gasteiger partial charge in [-0.25, -0.2) is 0 Å². The van der Waals surface area contributed by atoms with Crippen LogP contribution in [0.25, 0.3) is 0 Å². The zero-order valence-electron chi connectivity index (χ0n) is 23.2. The number of amides is 2. The number of likely N-dealkylation sites (tertiary alicyclic amines) is 1. The monoisotopic (exact) mass is 534 g/mol. The summed E-state index contributed by atoms with van der Waals surface area (Å²) in [6.45, 7) is 6.80. The van der Waals surface area contributed by atoms with E-state index in [1.54, 1.807) is 0 Å². The molecule has 1 unspecified atom stereocenters. The molecule has 1 N–H and O–H groups in total. The van der Waals surface area contributed by atoms with Crippen LogP contribution >= 0.6 is 0 Å². The van der Waals surface area contributed by atoms with Crippen LogP contribution in [0, 0.1) is 12.3 Å². The second-order valence-electron chi connectivity index (χ2n) is 11.3. The lowest BCUT2D eigenvalue weighted by Gasteiger charge is -2.41. The van der Waals surface area contributed by atoms with E-state index >= 15 is 0 Å². The quantitative estimate of drug-likeness (QED) is 0.647. The molecule has 1 aromatic heterocycles. The summed E-state index contributed by atoms with van der Waals surface area (Å²) < 4.78 is 11.9. The number of pyridine rings is 1. The van der Waals surface area contributed by atoms with Crippen LogP contribution in [0.15, 0.2) is 42.6 Å². The number of fused-ring (bicyclic) bond motifs is 1. The van der Waals surface area contributed by atoms with Crippen LogP contribution in [0.2, 0.25) is 0 Å². The van der Waals surface area contributed by atoms with Crippen molar-refractivity contribution in [3.05, 3.63) is 59.4 Å². The van der Waals surface area contributed by atoms with Gasteiger partial charge in [0.05, 0.1) is 37.4 Å². The highest BCUT2D eigenvalue weighted by Gasteiger charge is 2.41. The smallest absolute Gasteiger partial charge is 0.236 e. The number of nitrogens with zero attached hydrogens (tertiary/aromatic N) is 3. The van der Waals surface area contributed by atoms with E-state index in [4.69, 9.17) is 9.47 Å². The SMILES string of the molecule is Cc1ccc(C2CN(C(=O)CN3CCC4(CCCCc5ccccc5OCCCNC4=O)CC3)CCO2)nc1. The highest BCUT2D eigenvalue weighted by Crippen LogP contribution is 2.38. The van der Waals surface area contributed by atoms with E-state index in [2.05, 4.69) is 27.3 Å². The van der Waals surface area contributed by atoms with E-state index in [-0.39, 0.29) is 23.3 Å². The maximum atomic E-state index is 13.4. The lowest BCUT2D eigenvalue weighted by molar-refractivity contribution is -0.141. The Kier molecular flexibility index (Phi) is 9.14. The summed E-state index contributed by atoms with van der Waals surface area (Å²) in [4.78, 5) is 35.3. The first-order valence-electron chi connectivity index (χ1n) is 14.6. The standard InChI is InChI=1S/C31H42N4O4/c1-24-10-11-26(33-21-24)28-22-35(18-20-39-28)29(36)23-34-16-13-31(14-17-34)12-5-4-8-25-7-2-3-9-27(25)38-19-6-15-32-30(31)37/h2-3,7,9-11,21,28H,4-6,8,12-20,22-23H2,1H3,(H,32,37). The van der Waals surface area contributed by atoms with E-state index in [9.17, 15) is 9.59 Å². The van der Waals surface area contributed by atoms with Crippen molar-refractivity contribution in [1.29, 1.82) is 0 Å². The van der Waals surface area contributed by atoms with Crippen molar-refractivity contribution >= 4 is 11.8 Å².